The van der Waals surface area contributed by atoms with E-state index in [1.807, 2.05) is 29.3 Å². The minimum atomic E-state index is -0.0429. The van der Waals surface area contributed by atoms with Crippen LogP contribution in [0.2, 0.25) is 0 Å². The molecule has 0 radical (unpaired) electrons. The number of hydrogen-bond acceptors (Lipinski definition) is 5. The number of nitrogens with zero attached hydrogens (tertiary/aromatic N) is 4. The molecule has 2 aliphatic rings. The van der Waals surface area contributed by atoms with Gasteiger partial charge in [-0.1, -0.05) is 6.07 Å². The molecule has 136 valence electrons. The molecule has 0 N–H and O–H groups in total. The largest absolute Gasteiger partial charge is 0.497 e. The number of rotatable bonds is 3. The predicted octanol–water partition coefficient (Wildman–Crippen LogP) is 2.45. The summed E-state index contributed by atoms with van der Waals surface area (Å²) in [5.41, 5.74) is 2.98. The standard InChI is InChI=1S/C20H24N4O2/c1-23-10-8-17-15(13-23)12-21-19(22-17)18-7-4-9-24(18)20(25)14-5-3-6-16(11-14)26-2/h3,5-6,11-12,18H,4,7-10,13H2,1-2H3. The molecule has 1 fully saturated rings. The minimum Gasteiger partial charge on any atom is -0.497 e. The van der Waals surface area contributed by atoms with Crippen molar-refractivity contribution in [3.63, 3.8) is 0 Å². The molecule has 1 unspecified atom stereocenters. The van der Waals surface area contributed by atoms with Gasteiger partial charge in [-0.2, -0.15) is 0 Å². The van der Waals surface area contributed by atoms with Crippen LogP contribution >= 0.6 is 0 Å². The Morgan fingerprint density at radius 2 is 2.19 bits per heavy atom. The van der Waals surface area contributed by atoms with Crippen molar-refractivity contribution >= 4 is 5.91 Å². The van der Waals surface area contributed by atoms with E-state index >= 15 is 0 Å². The molecule has 3 heterocycles. The Bertz CT molecular complexity index is 823. The van der Waals surface area contributed by atoms with Gasteiger partial charge < -0.3 is 14.5 Å². The first-order valence-electron chi connectivity index (χ1n) is 9.14. The van der Waals surface area contributed by atoms with E-state index < -0.39 is 0 Å². The third-order valence-electron chi connectivity index (χ3n) is 5.27. The maximum Gasteiger partial charge on any atom is 0.254 e. The fourth-order valence-electron chi connectivity index (χ4n) is 3.83. The number of aromatic nitrogens is 2. The van der Waals surface area contributed by atoms with Crippen LogP contribution < -0.4 is 4.74 Å². The fourth-order valence-corrected chi connectivity index (χ4v) is 3.83. The molecular weight excluding hydrogens is 328 g/mol. The van der Waals surface area contributed by atoms with E-state index in [2.05, 4.69) is 16.9 Å². The summed E-state index contributed by atoms with van der Waals surface area (Å²) in [5.74, 6) is 1.50. The number of likely N-dealkylation sites (tertiary alicyclic amines) is 1. The lowest BCUT2D eigenvalue weighted by Crippen LogP contribution is -2.32. The quantitative estimate of drug-likeness (QED) is 0.849. The first kappa shape index (κ1) is 17.0. The van der Waals surface area contributed by atoms with Crippen LogP contribution in [-0.2, 0) is 13.0 Å². The van der Waals surface area contributed by atoms with Gasteiger partial charge in [0.2, 0.25) is 0 Å². The Kier molecular flexibility index (Phi) is 4.59. The van der Waals surface area contributed by atoms with Gasteiger partial charge in [-0.3, -0.25) is 4.79 Å². The van der Waals surface area contributed by atoms with Crippen LogP contribution in [-0.4, -0.2) is 52.9 Å². The molecule has 26 heavy (non-hydrogen) atoms. The summed E-state index contributed by atoms with van der Waals surface area (Å²) in [4.78, 5) is 26.7. The van der Waals surface area contributed by atoms with Crippen LogP contribution in [0.1, 0.15) is 46.3 Å². The highest BCUT2D eigenvalue weighted by atomic mass is 16.5. The second-order valence-electron chi connectivity index (χ2n) is 7.08. The SMILES string of the molecule is COc1cccc(C(=O)N2CCCC2c2ncc3c(n2)CCN(C)C3)c1. The Morgan fingerprint density at radius 1 is 1.31 bits per heavy atom. The van der Waals surface area contributed by atoms with Gasteiger partial charge in [0.05, 0.1) is 13.2 Å². The smallest absolute Gasteiger partial charge is 0.254 e. The molecule has 1 aromatic carbocycles. The van der Waals surface area contributed by atoms with Gasteiger partial charge in [0.15, 0.2) is 5.82 Å². The lowest BCUT2D eigenvalue weighted by Gasteiger charge is -2.27. The van der Waals surface area contributed by atoms with Gasteiger partial charge in [-0.25, -0.2) is 9.97 Å². The molecule has 0 saturated carbocycles. The van der Waals surface area contributed by atoms with Crippen molar-refractivity contribution in [2.45, 2.75) is 31.8 Å². The monoisotopic (exact) mass is 352 g/mol. The number of fused-ring (bicyclic) bond motifs is 1. The Balaban J connectivity index is 1.59. The van der Waals surface area contributed by atoms with E-state index in [9.17, 15) is 4.79 Å². The topological polar surface area (TPSA) is 58.6 Å². The van der Waals surface area contributed by atoms with Crippen molar-refractivity contribution in [1.29, 1.82) is 0 Å². The lowest BCUT2D eigenvalue weighted by atomic mass is 10.1. The summed E-state index contributed by atoms with van der Waals surface area (Å²) in [6, 6.07) is 7.29. The van der Waals surface area contributed by atoms with E-state index in [1.54, 1.807) is 13.2 Å². The van der Waals surface area contributed by atoms with Crippen molar-refractivity contribution in [3.05, 3.63) is 53.1 Å². The number of methoxy groups -OCH3 is 1. The molecule has 1 atom stereocenters. The van der Waals surface area contributed by atoms with E-state index in [1.165, 1.54) is 5.56 Å². The molecule has 1 aromatic heterocycles. The van der Waals surface area contributed by atoms with Crippen LogP contribution in [0.3, 0.4) is 0 Å². The summed E-state index contributed by atoms with van der Waals surface area (Å²) < 4.78 is 5.25. The van der Waals surface area contributed by atoms with E-state index in [4.69, 9.17) is 9.72 Å². The molecule has 4 rings (SSSR count). The molecule has 1 amide bonds. The number of amides is 1. The van der Waals surface area contributed by atoms with Crippen molar-refractivity contribution in [2.75, 3.05) is 27.2 Å². The van der Waals surface area contributed by atoms with Crippen molar-refractivity contribution in [2.24, 2.45) is 0 Å². The fraction of sp³-hybridized carbons (Fsp3) is 0.450. The van der Waals surface area contributed by atoms with Crippen molar-refractivity contribution in [1.82, 2.24) is 19.8 Å². The molecule has 1 saturated heterocycles. The average Bonchev–Trinajstić information content (AvgIpc) is 3.16. The number of likely N-dealkylation sites (N-methyl/N-ethyl adjacent to an activating group) is 1. The molecular formula is C20H24N4O2. The third kappa shape index (κ3) is 3.17. The van der Waals surface area contributed by atoms with E-state index in [0.717, 1.165) is 50.4 Å². The van der Waals surface area contributed by atoms with E-state index in [-0.39, 0.29) is 11.9 Å². The van der Waals surface area contributed by atoms with Crippen LogP contribution in [0.5, 0.6) is 5.75 Å². The molecule has 0 bridgehead atoms. The molecule has 2 aromatic rings. The first-order valence-corrected chi connectivity index (χ1v) is 9.14. The van der Waals surface area contributed by atoms with Crippen LogP contribution in [0.25, 0.3) is 0 Å². The zero-order valence-corrected chi connectivity index (χ0v) is 15.3. The number of benzene rings is 1. The molecule has 0 spiro atoms. The Morgan fingerprint density at radius 3 is 3.04 bits per heavy atom. The second kappa shape index (κ2) is 7.03. The highest BCUT2D eigenvalue weighted by Gasteiger charge is 2.33. The lowest BCUT2D eigenvalue weighted by molar-refractivity contribution is 0.0729. The summed E-state index contributed by atoms with van der Waals surface area (Å²) in [5, 5.41) is 0. The second-order valence-corrected chi connectivity index (χ2v) is 7.08. The van der Waals surface area contributed by atoms with Gasteiger partial charge in [0.25, 0.3) is 5.91 Å². The third-order valence-corrected chi connectivity index (χ3v) is 5.27. The highest BCUT2D eigenvalue weighted by molar-refractivity contribution is 5.95. The Hall–Kier alpha value is -2.47. The zero-order chi connectivity index (χ0) is 18.1. The predicted molar refractivity (Wildman–Crippen MR) is 98.1 cm³/mol. The molecule has 6 nitrogen and oxygen atoms in total. The van der Waals surface area contributed by atoms with E-state index in [0.29, 0.717) is 11.3 Å². The van der Waals surface area contributed by atoms with Gasteiger partial charge in [-0.05, 0) is 38.1 Å². The minimum absolute atomic E-state index is 0.0208. The summed E-state index contributed by atoms with van der Waals surface area (Å²) >= 11 is 0. The Labute approximate surface area is 153 Å². The van der Waals surface area contributed by atoms with Gasteiger partial charge in [0, 0.05) is 49.1 Å². The maximum atomic E-state index is 13.0. The summed E-state index contributed by atoms with van der Waals surface area (Å²) in [7, 11) is 3.73. The van der Waals surface area contributed by atoms with Gasteiger partial charge >= 0.3 is 0 Å². The summed E-state index contributed by atoms with van der Waals surface area (Å²) in [6.45, 7) is 2.65. The molecule has 6 heteroatoms. The highest BCUT2D eigenvalue weighted by Crippen LogP contribution is 2.32. The van der Waals surface area contributed by atoms with Crippen molar-refractivity contribution < 1.29 is 9.53 Å². The van der Waals surface area contributed by atoms with Crippen LogP contribution in [0, 0.1) is 0 Å². The number of carbonyl (C=O) groups is 1. The van der Waals surface area contributed by atoms with Crippen molar-refractivity contribution in [3.8, 4) is 5.75 Å². The van der Waals surface area contributed by atoms with Crippen LogP contribution in [0.4, 0.5) is 0 Å². The maximum absolute atomic E-state index is 13.0. The average molecular weight is 352 g/mol. The summed E-state index contributed by atoms with van der Waals surface area (Å²) in [6.07, 6.45) is 4.77. The van der Waals surface area contributed by atoms with Gasteiger partial charge in [-0.15, -0.1) is 0 Å². The number of hydrogen-bond donors (Lipinski definition) is 0. The van der Waals surface area contributed by atoms with Crippen LogP contribution in [0.15, 0.2) is 30.5 Å². The first-order chi connectivity index (χ1) is 12.7. The number of carbonyl (C=O) groups excluding carboxylic acids is 1. The molecule has 2 aliphatic heterocycles. The normalized spacial score (nSPS) is 20.1. The van der Waals surface area contributed by atoms with Gasteiger partial charge in [0.1, 0.15) is 5.75 Å². The molecule has 0 aliphatic carbocycles. The number of ether oxygens (including phenoxy) is 1. The zero-order valence-electron chi connectivity index (χ0n) is 15.3.